The van der Waals surface area contributed by atoms with Gasteiger partial charge < -0.3 is 15.2 Å². The van der Waals surface area contributed by atoms with Crippen molar-refractivity contribution in [3.05, 3.63) is 65.7 Å². The van der Waals surface area contributed by atoms with Crippen LogP contribution in [0.5, 0.6) is 0 Å². The fourth-order valence-corrected chi connectivity index (χ4v) is 7.58. The number of aliphatic carboxylic acids is 1. The molecule has 0 spiro atoms. The minimum Gasteiger partial charge on any atom is -0.480 e. The standard InChI is InChI=1S/C36H53NO3S/c1-7-17-36(23-26(3)21-29(8-2)24-36)18-11-19-40-25-30-14-15-32(28(5)37-34(35(38)39)16-20-41-6)33(22-30)31-13-10-9-12-27(31)4/h9-10,12-15,22,26,29,34,37H,5,7-8,11,16-21,23-25H2,1-4,6H3,(H,38,39). The molecule has 41 heavy (non-hydrogen) atoms. The Balaban J connectivity index is 1.70. The first kappa shape index (κ1) is 33.3. The summed E-state index contributed by atoms with van der Waals surface area (Å²) < 4.78 is 6.26. The fraction of sp³-hybridized carbons (Fsp3) is 0.583. The Hall–Kier alpha value is -2.24. The molecule has 1 saturated carbocycles. The lowest BCUT2D eigenvalue weighted by molar-refractivity contribution is -0.139. The van der Waals surface area contributed by atoms with Crippen LogP contribution in [0.15, 0.2) is 49.0 Å². The molecule has 0 radical (unpaired) electrons. The zero-order valence-electron chi connectivity index (χ0n) is 26.1. The van der Waals surface area contributed by atoms with E-state index in [4.69, 9.17) is 4.74 Å². The molecule has 3 rings (SSSR count). The number of thioether (sulfide) groups is 1. The maximum Gasteiger partial charge on any atom is 0.326 e. The number of carbonyl (C=O) groups is 1. The van der Waals surface area contributed by atoms with Gasteiger partial charge in [-0.05, 0) is 109 Å². The summed E-state index contributed by atoms with van der Waals surface area (Å²) in [6.45, 7) is 14.9. The number of hydrogen-bond acceptors (Lipinski definition) is 4. The highest BCUT2D eigenvalue weighted by molar-refractivity contribution is 7.98. The van der Waals surface area contributed by atoms with E-state index in [9.17, 15) is 9.90 Å². The van der Waals surface area contributed by atoms with Crippen molar-refractivity contribution in [2.45, 2.75) is 98.1 Å². The van der Waals surface area contributed by atoms with Crippen molar-refractivity contribution in [2.75, 3.05) is 18.6 Å². The average molecular weight is 580 g/mol. The van der Waals surface area contributed by atoms with Crippen molar-refractivity contribution in [1.29, 1.82) is 0 Å². The topological polar surface area (TPSA) is 58.6 Å². The van der Waals surface area contributed by atoms with Crippen LogP contribution in [-0.2, 0) is 16.1 Å². The van der Waals surface area contributed by atoms with Gasteiger partial charge in [0.2, 0.25) is 0 Å². The van der Waals surface area contributed by atoms with Gasteiger partial charge in [0.05, 0.1) is 6.61 Å². The monoisotopic (exact) mass is 579 g/mol. The summed E-state index contributed by atoms with van der Waals surface area (Å²) in [5, 5.41) is 12.9. The molecule has 0 aromatic heterocycles. The summed E-state index contributed by atoms with van der Waals surface area (Å²) in [6.07, 6.45) is 13.0. The van der Waals surface area contributed by atoms with Gasteiger partial charge in [-0.1, -0.05) is 76.6 Å². The zero-order valence-corrected chi connectivity index (χ0v) is 27.0. The molecule has 2 aromatic carbocycles. The van der Waals surface area contributed by atoms with Crippen molar-refractivity contribution in [3.8, 4) is 11.1 Å². The van der Waals surface area contributed by atoms with E-state index in [2.05, 4.69) is 69.9 Å². The summed E-state index contributed by atoms with van der Waals surface area (Å²) >= 11 is 1.65. The van der Waals surface area contributed by atoms with Gasteiger partial charge in [0.15, 0.2) is 0 Å². The maximum atomic E-state index is 11.9. The molecule has 2 aromatic rings. The van der Waals surface area contributed by atoms with Crippen LogP contribution < -0.4 is 5.32 Å². The van der Waals surface area contributed by atoms with Gasteiger partial charge in [-0.25, -0.2) is 4.79 Å². The molecule has 2 N–H and O–H groups in total. The molecule has 1 aliphatic rings. The summed E-state index contributed by atoms with van der Waals surface area (Å²) in [5.74, 6) is 1.64. The van der Waals surface area contributed by atoms with Gasteiger partial charge in [0.25, 0.3) is 0 Å². The Labute approximate surface area is 253 Å². The third kappa shape index (κ3) is 9.64. The third-order valence-electron chi connectivity index (χ3n) is 8.96. The molecule has 0 aliphatic heterocycles. The predicted octanol–water partition coefficient (Wildman–Crippen LogP) is 9.36. The molecule has 4 nitrogen and oxygen atoms in total. The number of benzene rings is 2. The van der Waals surface area contributed by atoms with Crippen LogP contribution in [0.2, 0.25) is 0 Å². The number of aryl methyl sites for hydroxylation is 1. The smallest absolute Gasteiger partial charge is 0.326 e. The fourth-order valence-electron chi connectivity index (χ4n) is 7.11. The molecule has 0 amide bonds. The highest BCUT2D eigenvalue weighted by atomic mass is 32.2. The van der Waals surface area contributed by atoms with E-state index in [0.29, 0.717) is 24.1 Å². The summed E-state index contributed by atoms with van der Waals surface area (Å²) in [7, 11) is 0. The van der Waals surface area contributed by atoms with Crippen molar-refractivity contribution in [2.24, 2.45) is 17.3 Å². The van der Waals surface area contributed by atoms with Crippen LogP contribution in [0, 0.1) is 24.2 Å². The van der Waals surface area contributed by atoms with E-state index >= 15 is 0 Å². The molecular formula is C36H53NO3S. The van der Waals surface area contributed by atoms with Crippen molar-refractivity contribution in [1.82, 2.24) is 5.32 Å². The largest absolute Gasteiger partial charge is 0.480 e. The van der Waals surface area contributed by atoms with Crippen molar-refractivity contribution < 1.29 is 14.6 Å². The maximum absolute atomic E-state index is 11.9. The zero-order chi connectivity index (χ0) is 29.8. The first-order valence-electron chi connectivity index (χ1n) is 15.7. The van der Waals surface area contributed by atoms with Gasteiger partial charge in [-0.2, -0.15) is 11.8 Å². The summed E-state index contributed by atoms with van der Waals surface area (Å²) in [6, 6.07) is 14.0. The molecule has 0 bridgehead atoms. The van der Waals surface area contributed by atoms with Crippen LogP contribution >= 0.6 is 11.8 Å². The second-order valence-corrected chi connectivity index (χ2v) is 13.4. The minimum atomic E-state index is -0.851. The Morgan fingerprint density at radius 3 is 2.63 bits per heavy atom. The van der Waals surface area contributed by atoms with Gasteiger partial charge in [-0.15, -0.1) is 0 Å². The van der Waals surface area contributed by atoms with Crippen LogP contribution in [0.4, 0.5) is 0 Å². The quantitative estimate of drug-likeness (QED) is 0.183. The third-order valence-corrected chi connectivity index (χ3v) is 9.61. The summed E-state index contributed by atoms with van der Waals surface area (Å²) in [4.78, 5) is 11.9. The number of hydrogen-bond donors (Lipinski definition) is 2. The molecule has 0 saturated heterocycles. The Morgan fingerprint density at radius 2 is 1.95 bits per heavy atom. The van der Waals surface area contributed by atoms with Crippen molar-refractivity contribution in [3.63, 3.8) is 0 Å². The highest BCUT2D eigenvalue weighted by Gasteiger charge is 2.37. The lowest BCUT2D eigenvalue weighted by atomic mass is 9.61. The average Bonchev–Trinajstić information content (AvgIpc) is 2.94. The summed E-state index contributed by atoms with van der Waals surface area (Å²) in [5.41, 5.74) is 6.53. The predicted molar refractivity (Wildman–Crippen MR) is 176 cm³/mol. The van der Waals surface area contributed by atoms with Gasteiger partial charge in [0.1, 0.15) is 6.04 Å². The molecule has 226 valence electrons. The van der Waals surface area contributed by atoms with Crippen LogP contribution in [0.3, 0.4) is 0 Å². The molecule has 1 fully saturated rings. The van der Waals surface area contributed by atoms with Gasteiger partial charge in [-0.3, -0.25) is 0 Å². The molecule has 1 aliphatic carbocycles. The van der Waals surface area contributed by atoms with Crippen molar-refractivity contribution >= 4 is 23.4 Å². The van der Waals surface area contributed by atoms with Crippen LogP contribution in [0.1, 0.15) is 95.2 Å². The number of rotatable bonds is 17. The molecular weight excluding hydrogens is 526 g/mol. The molecule has 4 atom stereocenters. The molecule has 4 unspecified atom stereocenters. The number of ether oxygens (including phenoxy) is 1. The van der Waals surface area contributed by atoms with Gasteiger partial charge >= 0.3 is 5.97 Å². The number of carboxylic acid groups (broad SMARTS) is 1. The first-order chi connectivity index (χ1) is 19.7. The van der Waals surface area contributed by atoms with Crippen LogP contribution in [0.25, 0.3) is 16.8 Å². The minimum absolute atomic E-state index is 0.493. The van der Waals surface area contributed by atoms with E-state index < -0.39 is 12.0 Å². The van der Waals surface area contributed by atoms with E-state index in [1.54, 1.807) is 11.8 Å². The first-order valence-corrected chi connectivity index (χ1v) is 17.1. The second-order valence-electron chi connectivity index (χ2n) is 12.4. The van der Waals surface area contributed by atoms with E-state index in [1.165, 1.54) is 50.5 Å². The second kappa shape index (κ2) is 16.4. The van der Waals surface area contributed by atoms with Gasteiger partial charge in [0, 0.05) is 17.9 Å². The molecule has 5 heteroatoms. The Bertz CT molecular complexity index is 1130. The number of nitrogens with one attached hydrogen (secondary N) is 1. The Kier molecular flexibility index (Phi) is 13.3. The number of carboxylic acids is 1. The lowest BCUT2D eigenvalue weighted by Crippen LogP contribution is -2.35. The highest BCUT2D eigenvalue weighted by Crippen LogP contribution is 2.49. The Morgan fingerprint density at radius 1 is 1.17 bits per heavy atom. The van der Waals surface area contributed by atoms with E-state index in [1.807, 2.05) is 18.4 Å². The van der Waals surface area contributed by atoms with E-state index in [0.717, 1.165) is 52.9 Å². The SMILES string of the molecule is C=C(NC(CCSC)C(=O)O)c1ccc(COCCCC2(CCC)CC(C)CC(CC)C2)cc1-c1ccccc1C. The lowest BCUT2D eigenvalue weighted by Gasteiger charge is -2.44. The molecule has 0 heterocycles. The van der Waals surface area contributed by atoms with E-state index in [-0.39, 0.29) is 0 Å². The normalized spacial score (nSPS) is 21.4. The van der Waals surface area contributed by atoms with Crippen LogP contribution in [-0.4, -0.2) is 35.7 Å².